The standard InChI is InChI=1S/C14H18N2O2/c1-10(15-2)8-13-9-16-14(18-13)11-4-6-12(17-3)7-5-11/h4-7,9-10,15H,8H2,1-3H3. The number of ether oxygens (including phenoxy) is 1. The molecule has 1 aromatic carbocycles. The van der Waals surface area contributed by atoms with Crippen LogP contribution in [0.3, 0.4) is 0 Å². The Labute approximate surface area is 107 Å². The third kappa shape index (κ3) is 2.90. The van der Waals surface area contributed by atoms with Gasteiger partial charge in [0.05, 0.1) is 13.3 Å². The van der Waals surface area contributed by atoms with E-state index in [9.17, 15) is 0 Å². The lowest BCUT2D eigenvalue weighted by molar-refractivity contribution is 0.415. The minimum Gasteiger partial charge on any atom is -0.497 e. The van der Waals surface area contributed by atoms with Crippen molar-refractivity contribution in [2.45, 2.75) is 19.4 Å². The molecule has 18 heavy (non-hydrogen) atoms. The monoisotopic (exact) mass is 246 g/mol. The third-order valence-electron chi connectivity index (χ3n) is 2.89. The molecule has 1 N–H and O–H groups in total. The van der Waals surface area contributed by atoms with E-state index in [-0.39, 0.29) is 0 Å². The lowest BCUT2D eigenvalue weighted by Gasteiger charge is -2.06. The van der Waals surface area contributed by atoms with Gasteiger partial charge in [-0.2, -0.15) is 0 Å². The van der Waals surface area contributed by atoms with E-state index in [1.165, 1.54) is 0 Å². The van der Waals surface area contributed by atoms with Crippen molar-refractivity contribution in [1.29, 1.82) is 0 Å². The fourth-order valence-corrected chi connectivity index (χ4v) is 1.67. The number of likely N-dealkylation sites (N-methyl/N-ethyl adjacent to an activating group) is 1. The number of nitrogens with zero attached hydrogens (tertiary/aromatic N) is 1. The van der Waals surface area contributed by atoms with Gasteiger partial charge in [-0.1, -0.05) is 0 Å². The van der Waals surface area contributed by atoms with Crippen molar-refractivity contribution in [3.63, 3.8) is 0 Å². The molecule has 0 aliphatic carbocycles. The van der Waals surface area contributed by atoms with Crippen LogP contribution < -0.4 is 10.1 Å². The van der Waals surface area contributed by atoms with Crippen molar-refractivity contribution in [3.8, 4) is 17.2 Å². The van der Waals surface area contributed by atoms with Gasteiger partial charge in [0.2, 0.25) is 5.89 Å². The average Bonchev–Trinajstić information content (AvgIpc) is 2.87. The summed E-state index contributed by atoms with van der Waals surface area (Å²) in [5, 5.41) is 3.17. The molecule has 0 spiro atoms. The minimum atomic E-state index is 0.377. The van der Waals surface area contributed by atoms with Crippen molar-refractivity contribution in [2.24, 2.45) is 0 Å². The summed E-state index contributed by atoms with van der Waals surface area (Å²) in [5.74, 6) is 2.37. The molecular formula is C14H18N2O2. The Balaban J connectivity index is 2.13. The van der Waals surface area contributed by atoms with Crippen LogP contribution in [0.2, 0.25) is 0 Å². The van der Waals surface area contributed by atoms with Gasteiger partial charge in [0.25, 0.3) is 0 Å². The molecule has 0 amide bonds. The zero-order valence-electron chi connectivity index (χ0n) is 10.9. The first-order valence-electron chi connectivity index (χ1n) is 5.99. The second kappa shape index (κ2) is 5.69. The Hall–Kier alpha value is -1.81. The van der Waals surface area contributed by atoms with Crippen LogP contribution in [0.4, 0.5) is 0 Å². The van der Waals surface area contributed by atoms with Gasteiger partial charge in [0.1, 0.15) is 11.5 Å². The first-order valence-corrected chi connectivity index (χ1v) is 5.99. The predicted molar refractivity (Wildman–Crippen MR) is 70.7 cm³/mol. The molecule has 1 unspecified atom stereocenters. The molecule has 96 valence electrons. The molecule has 4 heteroatoms. The molecule has 0 aliphatic heterocycles. The van der Waals surface area contributed by atoms with Crippen molar-refractivity contribution in [2.75, 3.05) is 14.2 Å². The van der Waals surface area contributed by atoms with Crippen LogP contribution in [0.25, 0.3) is 11.5 Å². The Morgan fingerprint density at radius 2 is 2.06 bits per heavy atom. The molecular weight excluding hydrogens is 228 g/mol. The summed E-state index contributed by atoms with van der Waals surface area (Å²) in [6.45, 7) is 2.11. The molecule has 2 aromatic rings. The van der Waals surface area contributed by atoms with E-state index in [2.05, 4.69) is 17.2 Å². The van der Waals surface area contributed by atoms with Crippen molar-refractivity contribution >= 4 is 0 Å². The highest BCUT2D eigenvalue weighted by Gasteiger charge is 2.09. The summed E-state index contributed by atoms with van der Waals surface area (Å²) in [5.41, 5.74) is 0.958. The molecule has 0 saturated heterocycles. The number of aromatic nitrogens is 1. The second-order valence-corrected chi connectivity index (χ2v) is 4.25. The molecule has 1 atom stereocenters. The van der Waals surface area contributed by atoms with Crippen LogP contribution in [-0.2, 0) is 6.42 Å². The molecule has 2 rings (SSSR count). The van der Waals surface area contributed by atoms with Gasteiger partial charge in [0, 0.05) is 18.0 Å². The Bertz CT molecular complexity index is 491. The smallest absolute Gasteiger partial charge is 0.226 e. The number of nitrogens with one attached hydrogen (secondary N) is 1. The van der Waals surface area contributed by atoms with Crippen LogP contribution >= 0.6 is 0 Å². The molecule has 0 bridgehead atoms. The van der Waals surface area contributed by atoms with Crippen LogP contribution in [0.1, 0.15) is 12.7 Å². The Morgan fingerprint density at radius 1 is 1.33 bits per heavy atom. The number of methoxy groups -OCH3 is 1. The van der Waals surface area contributed by atoms with Gasteiger partial charge in [-0.15, -0.1) is 0 Å². The van der Waals surface area contributed by atoms with Gasteiger partial charge in [-0.25, -0.2) is 4.98 Å². The van der Waals surface area contributed by atoms with E-state index >= 15 is 0 Å². The highest BCUT2D eigenvalue weighted by atomic mass is 16.5. The maximum Gasteiger partial charge on any atom is 0.226 e. The summed E-state index contributed by atoms with van der Waals surface area (Å²) in [6.07, 6.45) is 2.62. The zero-order valence-corrected chi connectivity index (χ0v) is 10.9. The third-order valence-corrected chi connectivity index (χ3v) is 2.89. The first kappa shape index (κ1) is 12.6. The fraction of sp³-hybridized carbons (Fsp3) is 0.357. The Morgan fingerprint density at radius 3 is 2.67 bits per heavy atom. The molecule has 0 aliphatic rings. The highest BCUT2D eigenvalue weighted by Crippen LogP contribution is 2.22. The number of oxazole rings is 1. The Kier molecular flexibility index (Phi) is 3.99. The highest BCUT2D eigenvalue weighted by molar-refractivity contribution is 5.54. The van der Waals surface area contributed by atoms with E-state index in [4.69, 9.17) is 9.15 Å². The van der Waals surface area contributed by atoms with Crippen LogP contribution in [-0.4, -0.2) is 25.2 Å². The van der Waals surface area contributed by atoms with Crippen LogP contribution in [0.15, 0.2) is 34.9 Å². The molecule has 4 nitrogen and oxygen atoms in total. The maximum atomic E-state index is 5.72. The van der Waals surface area contributed by atoms with Crippen molar-refractivity contribution in [3.05, 3.63) is 36.2 Å². The summed E-state index contributed by atoms with van der Waals surface area (Å²) in [4.78, 5) is 4.29. The molecule has 0 saturated carbocycles. The van der Waals surface area contributed by atoms with Crippen LogP contribution in [0.5, 0.6) is 5.75 Å². The van der Waals surface area contributed by atoms with Crippen molar-refractivity contribution in [1.82, 2.24) is 10.3 Å². The summed E-state index contributed by atoms with van der Waals surface area (Å²) in [7, 11) is 3.59. The van der Waals surface area contributed by atoms with Gasteiger partial charge in [0.15, 0.2) is 0 Å². The summed E-state index contributed by atoms with van der Waals surface area (Å²) >= 11 is 0. The van der Waals surface area contributed by atoms with Crippen LogP contribution in [0, 0.1) is 0 Å². The van der Waals surface area contributed by atoms with E-state index in [1.54, 1.807) is 13.3 Å². The summed E-state index contributed by atoms with van der Waals surface area (Å²) in [6, 6.07) is 8.05. The predicted octanol–water partition coefficient (Wildman–Crippen LogP) is 2.50. The SMILES string of the molecule is CNC(C)Cc1cnc(-c2ccc(OC)cc2)o1. The van der Waals surface area contributed by atoms with Gasteiger partial charge in [-0.05, 0) is 38.2 Å². The molecule has 0 radical (unpaired) electrons. The van der Waals surface area contributed by atoms with Crippen molar-refractivity contribution < 1.29 is 9.15 Å². The quantitative estimate of drug-likeness (QED) is 0.880. The second-order valence-electron chi connectivity index (χ2n) is 4.25. The normalized spacial score (nSPS) is 12.4. The molecule has 1 aromatic heterocycles. The van der Waals surface area contributed by atoms with Gasteiger partial charge < -0.3 is 14.5 Å². The minimum absolute atomic E-state index is 0.377. The van der Waals surface area contributed by atoms with E-state index in [0.717, 1.165) is 23.5 Å². The maximum absolute atomic E-state index is 5.72. The van der Waals surface area contributed by atoms with Gasteiger partial charge >= 0.3 is 0 Å². The largest absolute Gasteiger partial charge is 0.497 e. The zero-order chi connectivity index (χ0) is 13.0. The lowest BCUT2D eigenvalue weighted by atomic mass is 10.2. The summed E-state index contributed by atoms with van der Waals surface area (Å²) < 4.78 is 10.8. The van der Waals surface area contributed by atoms with E-state index < -0.39 is 0 Å². The number of rotatable bonds is 5. The number of hydrogen-bond acceptors (Lipinski definition) is 4. The molecule has 0 fully saturated rings. The average molecular weight is 246 g/mol. The first-order chi connectivity index (χ1) is 8.72. The fourth-order valence-electron chi connectivity index (χ4n) is 1.67. The van der Waals surface area contributed by atoms with E-state index in [1.807, 2.05) is 31.3 Å². The lowest BCUT2D eigenvalue weighted by Crippen LogP contribution is -2.23. The topological polar surface area (TPSA) is 47.3 Å². The van der Waals surface area contributed by atoms with E-state index in [0.29, 0.717) is 11.9 Å². The molecule has 1 heterocycles. The number of benzene rings is 1. The van der Waals surface area contributed by atoms with Gasteiger partial charge in [-0.3, -0.25) is 0 Å². The number of hydrogen-bond donors (Lipinski definition) is 1.